The zero-order valence-corrected chi connectivity index (χ0v) is 19.1. The maximum atomic E-state index is 14.4. The fraction of sp³-hybridized carbons (Fsp3) is 0.308. The molecule has 0 radical (unpaired) electrons. The smallest absolute Gasteiger partial charge is 0.310 e. The van der Waals surface area contributed by atoms with Gasteiger partial charge in [-0.15, -0.1) is 0 Å². The Labute approximate surface area is 197 Å². The number of fused-ring (bicyclic) bond motifs is 1. The minimum absolute atomic E-state index is 0.0511. The van der Waals surface area contributed by atoms with Crippen LogP contribution in [0.5, 0.6) is 0 Å². The topological polar surface area (TPSA) is 86.3 Å². The van der Waals surface area contributed by atoms with Gasteiger partial charge in [-0.1, -0.05) is 36.4 Å². The monoisotopic (exact) mass is 466 g/mol. The highest BCUT2D eigenvalue weighted by molar-refractivity contribution is 5.75. The van der Waals surface area contributed by atoms with Crippen LogP contribution in [0.4, 0.5) is 20.3 Å². The van der Waals surface area contributed by atoms with Crippen molar-refractivity contribution in [1.29, 1.82) is 0 Å². The van der Waals surface area contributed by atoms with Crippen molar-refractivity contribution in [2.45, 2.75) is 38.3 Å². The zero-order valence-electron chi connectivity index (χ0n) is 19.1. The number of nitrogens with zero attached hydrogens (tertiary/aromatic N) is 1. The third-order valence-electron chi connectivity index (χ3n) is 6.30. The van der Waals surface area contributed by atoms with E-state index in [9.17, 15) is 18.7 Å². The molecule has 6 nitrogen and oxygen atoms in total. The summed E-state index contributed by atoms with van der Waals surface area (Å²) in [7, 11) is 0. The molecule has 0 saturated carbocycles. The van der Waals surface area contributed by atoms with E-state index in [0.717, 1.165) is 16.7 Å². The second-order valence-electron chi connectivity index (χ2n) is 8.63. The standard InChI is InChI=1S/C26H28F2N4O2/c1-15-10-21(28)20(16(2)26(33)34)11-18(15)8-9-29-24(17-6-4-3-5-7-17)23-14-30-22-12-19(27)13-31-25(22)32-23/h3-7,10-13,16,23-24,29-30H,8-9,14H2,1-2H3,(H,31,32)(H,33,34)/t16-,23+,24+/m0/s1. The first-order chi connectivity index (χ1) is 16.3. The number of anilines is 2. The van der Waals surface area contributed by atoms with E-state index in [2.05, 4.69) is 20.9 Å². The van der Waals surface area contributed by atoms with Crippen molar-refractivity contribution < 1.29 is 18.7 Å². The molecule has 4 N–H and O–H groups in total. The third kappa shape index (κ3) is 5.17. The summed E-state index contributed by atoms with van der Waals surface area (Å²) in [5.74, 6) is -2.26. The maximum absolute atomic E-state index is 14.4. The lowest BCUT2D eigenvalue weighted by molar-refractivity contribution is -0.138. The zero-order chi connectivity index (χ0) is 24.2. The quantitative estimate of drug-likeness (QED) is 0.387. The molecule has 0 spiro atoms. The number of carbonyl (C=O) groups is 1. The number of carboxylic acids is 1. The van der Waals surface area contributed by atoms with Crippen molar-refractivity contribution in [3.63, 3.8) is 0 Å². The minimum Gasteiger partial charge on any atom is -0.481 e. The van der Waals surface area contributed by atoms with Crippen molar-refractivity contribution in [2.75, 3.05) is 23.7 Å². The fourth-order valence-electron chi connectivity index (χ4n) is 4.32. The van der Waals surface area contributed by atoms with Gasteiger partial charge in [0, 0.05) is 18.2 Å². The van der Waals surface area contributed by atoms with E-state index >= 15 is 0 Å². The molecule has 1 aliphatic heterocycles. The van der Waals surface area contributed by atoms with E-state index in [0.29, 0.717) is 31.0 Å². The maximum Gasteiger partial charge on any atom is 0.310 e. The summed E-state index contributed by atoms with van der Waals surface area (Å²) < 4.78 is 27.9. The Bertz CT molecular complexity index is 1170. The number of aromatic nitrogens is 1. The Kier molecular flexibility index (Phi) is 7.07. The summed E-state index contributed by atoms with van der Waals surface area (Å²) in [5.41, 5.74) is 3.60. The third-order valence-corrected chi connectivity index (χ3v) is 6.30. The van der Waals surface area contributed by atoms with Crippen LogP contribution in [0.25, 0.3) is 0 Å². The van der Waals surface area contributed by atoms with Gasteiger partial charge in [0.1, 0.15) is 17.5 Å². The summed E-state index contributed by atoms with van der Waals surface area (Å²) in [4.78, 5) is 15.5. The SMILES string of the molecule is Cc1cc(F)c([C@H](C)C(=O)O)cc1CCN[C@H](c1ccccc1)[C@H]1CNc2cc(F)cnc2N1. The van der Waals surface area contributed by atoms with Crippen LogP contribution in [-0.2, 0) is 11.2 Å². The fourth-order valence-corrected chi connectivity index (χ4v) is 4.32. The molecule has 0 amide bonds. The molecule has 1 aliphatic rings. The number of hydrogen-bond donors (Lipinski definition) is 4. The second-order valence-corrected chi connectivity index (χ2v) is 8.63. The van der Waals surface area contributed by atoms with Crippen molar-refractivity contribution in [1.82, 2.24) is 10.3 Å². The Morgan fingerprint density at radius 2 is 2.00 bits per heavy atom. The predicted octanol–water partition coefficient (Wildman–Crippen LogP) is 4.64. The Morgan fingerprint density at radius 3 is 2.74 bits per heavy atom. The second kappa shape index (κ2) is 10.2. The van der Waals surface area contributed by atoms with Crippen LogP contribution in [0.3, 0.4) is 0 Å². The van der Waals surface area contributed by atoms with Crippen LogP contribution in [0, 0.1) is 18.6 Å². The van der Waals surface area contributed by atoms with Gasteiger partial charge in [-0.05, 0) is 49.6 Å². The first-order valence-corrected chi connectivity index (χ1v) is 11.3. The summed E-state index contributed by atoms with van der Waals surface area (Å²) in [6, 6.07) is 14.4. The van der Waals surface area contributed by atoms with Crippen LogP contribution >= 0.6 is 0 Å². The summed E-state index contributed by atoms with van der Waals surface area (Å²) >= 11 is 0. The molecular weight excluding hydrogens is 438 g/mol. The molecule has 3 aromatic rings. The van der Waals surface area contributed by atoms with Crippen molar-refractivity contribution in [2.24, 2.45) is 0 Å². The van der Waals surface area contributed by atoms with Gasteiger partial charge in [0.25, 0.3) is 0 Å². The number of halogens is 2. The van der Waals surface area contributed by atoms with E-state index in [1.54, 1.807) is 6.07 Å². The number of pyridine rings is 1. The van der Waals surface area contributed by atoms with Gasteiger partial charge in [-0.2, -0.15) is 0 Å². The minimum atomic E-state index is -1.05. The van der Waals surface area contributed by atoms with E-state index in [1.165, 1.54) is 25.3 Å². The van der Waals surface area contributed by atoms with Gasteiger partial charge in [-0.25, -0.2) is 13.8 Å². The number of aliphatic carboxylic acids is 1. The van der Waals surface area contributed by atoms with Crippen LogP contribution in [0.2, 0.25) is 0 Å². The summed E-state index contributed by atoms with van der Waals surface area (Å²) in [6.07, 6.45) is 1.79. The number of rotatable bonds is 8. The van der Waals surface area contributed by atoms with Crippen LogP contribution in [0.15, 0.2) is 54.7 Å². The molecule has 0 aliphatic carbocycles. The highest BCUT2D eigenvalue weighted by Gasteiger charge is 2.27. The van der Waals surface area contributed by atoms with Gasteiger partial charge in [0.2, 0.25) is 0 Å². The molecule has 3 atom stereocenters. The molecule has 8 heteroatoms. The lowest BCUT2D eigenvalue weighted by Crippen LogP contribution is -2.44. The number of nitrogens with one attached hydrogen (secondary N) is 3. The predicted molar refractivity (Wildman–Crippen MR) is 128 cm³/mol. The molecule has 4 rings (SSSR count). The average Bonchev–Trinajstić information content (AvgIpc) is 2.83. The number of carboxylic acid groups (broad SMARTS) is 1. The molecule has 34 heavy (non-hydrogen) atoms. The molecule has 2 heterocycles. The van der Waals surface area contributed by atoms with E-state index in [1.807, 2.05) is 37.3 Å². The van der Waals surface area contributed by atoms with Crippen molar-refractivity contribution in [3.8, 4) is 0 Å². The lowest BCUT2D eigenvalue weighted by atomic mass is 9.94. The average molecular weight is 467 g/mol. The molecule has 0 saturated heterocycles. The van der Waals surface area contributed by atoms with Crippen molar-refractivity contribution in [3.05, 3.63) is 88.6 Å². The van der Waals surface area contributed by atoms with E-state index in [-0.39, 0.29) is 17.6 Å². The normalized spacial score (nSPS) is 16.6. The molecule has 0 bridgehead atoms. The lowest BCUT2D eigenvalue weighted by Gasteiger charge is -2.34. The summed E-state index contributed by atoms with van der Waals surface area (Å²) in [6.45, 7) is 4.48. The summed E-state index contributed by atoms with van der Waals surface area (Å²) in [5, 5.41) is 19.6. The van der Waals surface area contributed by atoms with Gasteiger partial charge < -0.3 is 21.1 Å². The molecule has 1 aromatic heterocycles. The highest BCUT2D eigenvalue weighted by atomic mass is 19.1. The molecule has 0 unspecified atom stereocenters. The highest BCUT2D eigenvalue weighted by Crippen LogP contribution is 2.29. The van der Waals surface area contributed by atoms with E-state index in [4.69, 9.17) is 0 Å². The number of benzene rings is 2. The molecule has 178 valence electrons. The van der Waals surface area contributed by atoms with Gasteiger partial charge >= 0.3 is 5.97 Å². The van der Waals surface area contributed by atoms with Crippen LogP contribution in [0.1, 0.15) is 41.1 Å². The Balaban J connectivity index is 1.51. The molecular formula is C26H28F2N4O2. The largest absolute Gasteiger partial charge is 0.481 e. The van der Waals surface area contributed by atoms with Gasteiger partial charge in [0.15, 0.2) is 0 Å². The number of hydrogen-bond acceptors (Lipinski definition) is 5. The van der Waals surface area contributed by atoms with Crippen LogP contribution in [-0.4, -0.2) is 35.2 Å². The van der Waals surface area contributed by atoms with Gasteiger partial charge in [0.05, 0.1) is 29.9 Å². The Hall–Kier alpha value is -3.52. The number of aryl methyl sites for hydroxylation is 1. The van der Waals surface area contributed by atoms with E-state index < -0.39 is 23.5 Å². The van der Waals surface area contributed by atoms with Gasteiger partial charge in [-0.3, -0.25) is 4.79 Å². The molecule has 0 fully saturated rings. The first kappa shape index (κ1) is 23.6. The Morgan fingerprint density at radius 1 is 1.24 bits per heavy atom. The first-order valence-electron chi connectivity index (χ1n) is 11.3. The molecule has 2 aromatic carbocycles. The van der Waals surface area contributed by atoms with Crippen molar-refractivity contribution >= 4 is 17.5 Å². The van der Waals surface area contributed by atoms with Crippen LogP contribution < -0.4 is 16.0 Å².